The van der Waals surface area contributed by atoms with Gasteiger partial charge in [0.25, 0.3) is 0 Å². The summed E-state index contributed by atoms with van der Waals surface area (Å²) >= 11 is 13.0. The number of sulfonamides is 1. The van der Waals surface area contributed by atoms with Crippen molar-refractivity contribution >= 4 is 50.7 Å². The highest BCUT2D eigenvalue weighted by atomic mass is 35.5. The molecule has 7 nitrogen and oxygen atoms in total. The zero-order valence-electron chi connectivity index (χ0n) is 25.0. The van der Waals surface area contributed by atoms with E-state index in [9.17, 15) is 26.8 Å². The molecule has 0 unspecified atom stereocenters. The van der Waals surface area contributed by atoms with E-state index in [1.165, 1.54) is 11.0 Å². The van der Waals surface area contributed by atoms with Crippen LogP contribution in [-0.2, 0) is 32.6 Å². The van der Waals surface area contributed by atoms with Crippen LogP contribution >= 0.6 is 23.2 Å². The number of hydrogen-bond acceptors (Lipinski definition) is 4. The molecule has 3 aromatic rings. The third kappa shape index (κ3) is 9.64. The zero-order chi connectivity index (χ0) is 32.6. The molecule has 12 heteroatoms. The summed E-state index contributed by atoms with van der Waals surface area (Å²) in [7, 11) is -3.89. The van der Waals surface area contributed by atoms with Gasteiger partial charge < -0.3 is 10.2 Å². The zero-order valence-corrected chi connectivity index (χ0v) is 27.4. The van der Waals surface area contributed by atoms with E-state index in [1.54, 1.807) is 18.2 Å². The van der Waals surface area contributed by atoms with Crippen molar-refractivity contribution < 1.29 is 26.8 Å². The van der Waals surface area contributed by atoms with E-state index >= 15 is 0 Å². The number of carbonyl (C=O) groups excluding carboxylic acids is 2. The summed E-state index contributed by atoms with van der Waals surface area (Å²) < 4.78 is 53.6. The third-order valence-corrected chi connectivity index (χ3v) is 9.86. The van der Waals surface area contributed by atoms with Crippen molar-refractivity contribution in [2.45, 2.75) is 70.0 Å². The largest absolute Gasteiger partial charge is 0.352 e. The van der Waals surface area contributed by atoms with E-state index in [-0.39, 0.29) is 50.0 Å². The first-order valence-corrected chi connectivity index (χ1v) is 17.5. The second-order valence-electron chi connectivity index (χ2n) is 11.3. The van der Waals surface area contributed by atoms with Crippen LogP contribution in [0.3, 0.4) is 0 Å². The highest BCUT2D eigenvalue weighted by molar-refractivity contribution is 7.92. The molecule has 1 aliphatic rings. The fourth-order valence-corrected chi connectivity index (χ4v) is 7.07. The van der Waals surface area contributed by atoms with E-state index in [2.05, 4.69) is 5.32 Å². The Morgan fingerprint density at radius 1 is 0.933 bits per heavy atom. The van der Waals surface area contributed by atoms with E-state index in [4.69, 9.17) is 23.2 Å². The molecule has 1 saturated carbocycles. The van der Waals surface area contributed by atoms with Crippen LogP contribution in [0.25, 0.3) is 0 Å². The number of amides is 2. The monoisotopic (exact) mass is 679 g/mol. The number of carbonyl (C=O) groups is 2. The second-order valence-corrected chi connectivity index (χ2v) is 14.0. The average molecular weight is 681 g/mol. The Bertz CT molecular complexity index is 1570. The molecule has 0 radical (unpaired) electrons. The Kier molecular flexibility index (Phi) is 12.2. The van der Waals surface area contributed by atoms with Crippen LogP contribution in [0.1, 0.15) is 56.1 Å². The molecule has 1 fully saturated rings. The van der Waals surface area contributed by atoms with Crippen LogP contribution in [-0.4, -0.2) is 50.0 Å². The Balaban J connectivity index is 1.63. The lowest BCUT2D eigenvalue weighted by molar-refractivity contribution is -0.141. The fraction of sp³-hybridized carbons (Fsp3) is 0.394. The Hall–Kier alpha value is -3.21. The SMILES string of the molecule is CS(=O)(=O)N(CCCC(=O)N(Cc1c(Cl)cccc1Cl)[C@H](Cc1ccccc1)C(=O)NC1CCCCC1)c1ccc(F)c(F)c1. The van der Waals surface area contributed by atoms with Crippen LogP contribution in [0, 0.1) is 11.6 Å². The average Bonchev–Trinajstić information content (AvgIpc) is 3.00. The predicted molar refractivity (Wildman–Crippen MR) is 174 cm³/mol. The highest BCUT2D eigenvalue weighted by Gasteiger charge is 2.33. The molecule has 45 heavy (non-hydrogen) atoms. The van der Waals surface area contributed by atoms with Gasteiger partial charge in [-0.15, -0.1) is 0 Å². The molecule has 0 heterocycles. The van der Waals surface area contributed by atoms with Crippen LogP contribution in [0.4, 0.5) is 14.5 Å². The first kappa shape index (κ1) is 34.7. The Morgan fingerprint density at radius 3 is 2.22 bits per heavy atom. The van der Waals surface area contributed by atoms with E-state index in [0.29, 0.717) is 15.6 Å². The molecular weight excluding hydrogens is 643 g/mol. The molecule has 242 valence electrons. The summed E-state index contributed by atoms with van der Waals surface area (Å²) in [4.78, 5) is 29.5. The summed E-state index contributed by atoms with van der Waals surface area (Å²) in [5.41, 5.74) is 1.28. The minimum atomic E-state index is -3.89. The number of nitrogens with zero attached hydrogens (tertiary/aromatic N) is 2. The lowest BCUT2D eigenvalue weighted by Crippen LogP contribution is -2.53. The van der Waals surface area contributed by atoms with Gasteiger partial charge in [-0.2, -0.15) is 0 Å². The van der Waals surface area contributed by atoms with E-state index in [1.807, 2.05) is 30.3 Å². The van der Waals surface area contributed by atoms with Crippen LogP contribution < -0.4 is 9.62 Å². The normalized spacial score (nSPS) is 14.5. The molecule has 4 rings (SSSR count). The van der Waals surface area contributed by atoms with Crippen LogP contribution in [0.15, 0.2) is 66.7 Å². The van der Waals surface area contributed by atoms with Gasteiger partial charge in [0.05, 0.1) is 11.9 Å². The van der Waals surface area contributed by atoms with Crippen molar-refractivity contribution in [1.82, 2.24) is 10.2 Å². The summed E-state index contributed by atoms with van der Waals surface area (Å²) in [6.45, 7) is -0.222. The number of anilines is 1. The van der Waals surface area contributed by atoms with Crippen molar-refractivity contribution in [1.29, 1.82) is 0 Å². The van der Waals surface area contributed by atoms with Gasteiger partial charge in [0.1, 0.15) is 6.04 Å². The van der Waals surface area contributed by atoms with Gasteiger partial charge in [-0.05, 0) is 49.1 Å². The van der Waals surface area contributed by atoms with Gasteiger partial charge in [-0.25, -0.2) is 17.2 Å². The third-order valence-electron chi connectivity index (χ3n) is 7.96. The Morgan fingerprint density at radius 2 is 1.60 bits per heavy atom. The first-order valence-electron chi connectivity index (χ1n) is 14.9. The molecule has 0 bridgehead atoms. The van der Waals surface area contributed by atoms with Crippen LogP contribution in [0.2, 0.25) is 10.0 Å². The summed E-state index contributed by atoms with van der Waals surface area (Å²) in [5, 5.41) is 3.84. The molecule has 2 amide bonds. The first-order chi connectivity index (χ1) is 21.4. The number of benzene rings is 3. The number of halogens is 4. The molecule has 3 aromatic carbocycles. The summed E-state index contributed by atoms with van der Waals surface area (Å²) in [6.07, 6.45) is 5.95. The quantitative estimate of drug-likeness (QED) is 0.213. The summed E-state index contributed by atoms with van der Waals surface area (Å²) in [6, 6.07) is 16.3. The lowest BCUT2D eigenvalue weighted by atomic mass is 9.94. The Labute approximate surface area is 273 Å². The molecule has 0 saturated heterocycles. The molecule has 1 atom stereocenters. The molecule has 0 spiro atoms. The van der Waals surface area contributed by atoms with Gasteiger partial charge in [0.2, 0.25) is 21.8 Å². The molecule has 0 aromatic heterocycles. The lowest BCUT2D eigenvalue weighted by Gasteiger charge is -2.34. The van der Waals surface area contributed by atoms with Crippen molar-refractivity contribution in [2.24, 2.45) is 0 Å². The minimum Gasteiger partial charge on any atom is -0.352 e. The number of rotatable bonds is 13. The van der Waals surface area contributed by atoms with Crippen molar-refractivity contribution in [3.05, 3.63) is 99.5 Å². The smallest absolute Gasteiger partial charge is 0.243 e. The van der Waals surface area contributed by atoms with Gasteiger partial charge >= 0.3 is 0 Å². The van der Waals surface area contributed by atoms with Gasteiger partial charge in [0.15, 0.2) is 11.6 Å². The number of nitrogens with one attached hydrogen (secondary N) is 1. The maximum atomic E-state index is 14.0. The summed E-state index contributed by atoms with van der Waals surface area (Å²) in [5.74, 6) is -2.99. The molecule has 0 aliphatic heterocycles. The minimum absolute atomic E-state index is 0.00444. The van der Waals surface area contributed by atoms with Crippen molar-refractivity contribution in [3.63, 3.8) is 0 Å². The van der Waals surface area contributed by atoms with Crippen LogP contribution in [0.5, 0.6) is 0 Å². The van der Waals surface area contributed by atoms with Gasteiger partial charge in [-0.3, -0.25) is 13.9 Å². The maximum absolute atomic E-state index is 14.0. The van der Waals surface area contributed by atoms with Gasteiger partial charge in [0, 0.05) is 53.6 Å². The number of hydrogen-bond donors (Lipinski definition) is 1. The van der Waals surface area contributed by atoms with E-state index < -0.39 is 33.6 Å². The van der Waals surface area contributed by atoms with Crippen molar-refractivity contribution in [2.75, 3.05) is 17.1 Å². The van der Waals surface area contributed by atoms with E-state index in [0.717, 1.165) is 60.4 Å². The highest BCUT2D eigenvalue weighted by Crippen LogP contribution is 2.28. The van der Waals surface area contributed by atoms with Gasteiger partial charge in [-0.1, -0.05) is 78.9 Å². The second kappa shape index (κ2) is 15.9. The predicted octanol–water partition coefficient (Wildman–Crippen LogP) is 6.91. The fourth-order valence-electron chi connectivity index (χ4n) is 5.60. The molecular formula is C33H37Cl2F2N3O4S. The maximum Gasteiger partial charge on any atom is 0.243 e. The molecule has 1 N–H and O–H groups in total. The van der Waals surface area contributed by atoms with Crippen molar-refractivity contribution in [3.8, 4) is 0 Å². The molecule has 1 aliphatic carbocycles. The standard InChI is InChI=1S/C33H37Cl2F2N3O4S/c1-45(43,44)40(25-17-18-29(36)30(37)21-25)19-9-16-32(41)39(22-26-27(34)14-8-15-28(26)35)31(20-23-10-4-2-5-11-23)33(42)38-24-12-6-3-7-13-24/h2,4-5,8,10-11,14-15,17-18,21,24,31H,3,6-7,9,12-13,16,19-20,22H2,1H3,(H,38,42)/t31-/m1/s1. The topological polar surface area (TPSA) is 86.8 Å².